The number of carbonyl (C=O) groups is 1. The van der Waals surface area contributed by atoms with Crippen LogP contribution in [0.2, 0.25) is 0 Å². The average Bonchev–Trinajstić information content (AvgIpc) is 2.48. The molecule has 0 heterocycles. The van der Waals surface area contributed by atoms with E-state index in [1.807, 2.05) is 61.5 Å². The second kappa shape index (κ2) is 4.82. The number of ketones is 1. The van der Waals surface area contributed by atoms with Gasteiger partial charge in [0.25, 0.3) is 0 Å². The highest BCUT2D eigenvalue weighted by molar-refractivity contribution is 6.16. The van der Waals surface area contributed by atoms with E-state index in [9.17, 15) is 4.79 Å². The number of fused-ring (bicyclic) bond motifs is 1. The smallest absolute Gasteiger partial charge is 0.195 e. The summed E-state index contributed by atoms with van der Waals surface area (Å²) >= 11 is 0. The molecule has 0 unspecified atom stereocenters. The van der Waals surface area contributed by atoms with Crippen molar-refractivity contribution in [1.82, 2.24) is 0 Å². The summed E-state index contributed by atoms with van der Waals surface area (Å²) in [7, 11) is 0. The molecule has 2 nitrogen and oxygen atoms in total. The van der Waals surface area contributed by atoms with Crippen molar-refractivity contribution in [2.75, 3.05) is 5.73 Å². The highest BCUT2D eigenvalue weighted by Gasteiger charge is 2.13. The summed E-state index contributed by atoms with van der Waals surface area (Å²) in [6.07, 6.45) is 0. The highest BCUT2D eigenvalue weighted by Crippen LogP contribution is 2.26. The standard InChI is InChI=1S/C18H15NO/c1-12-6-8-14(9-7-12)18(20)16-11-10-13-4-2-3-5-15(13)17(16)19/h2-11H,19H2,1H3. The van der Waals surface area contributed by atoms with E-state index in [-0.39, 0.29) is 5.78 Å². The summed E-state index contributed by atoms with van der Waals surface area (Å²) < 4.78 is 0. The molecule has 0 saturated heterocycles. The zero-order valence-corrected chi connectivity index (χ0v) is 11.3. The van der Waals surface area contributed by atoms with Gasteiger partial charge in [-0.25, -0.2) is 0 Å². The van der Waals surface area contributed by atoms with E-state index in [1.54, 1.807) is 6.07 Å². The van der Waals surface area contributed by atoms with Crippen LogP contribution in [0.15, 0.2) is 60.7 Å². The Balaban J connectivity index is 2.12. The van der Waals surface area contributed by atoms with Gasteiger partial charge in [0, 0.05) is 16.5 Å². The summed E-state index contributed by atoms with van der Waals surface area (Å²) in [6, 6.07) is 19.1. The van der Waals surface area contributed by atoms with E-state index in [0.717, 1.165) is 16.3 Å². The predicted octanol–water partition coefficient (Wildman–Crippen LogP) is 3.96. The number of rotatable bonds is 2. The lowest BCUT2D eigenvalue weighted by molar-refractivity contribution is 0.103. The Bertz CT molecular complexity index is 788. The molecule has 0 radical (unpaired) electrons. The van der Waals surface area contributed by atoms with Crippen LogP contribution in [-0.2, 0) is 0 Å². The lowest BCUT2D eigenvalue weighted by Crippen LogP contribution is -2.05. The first kappa shape index (κ1) is 12.4. The maximum Gasteiger partial charge on any atom is 0.195 e. The van der Waals surface area contributed by atoms with Crippen LogP contribution in [-0.4, -0.2) is 5.78 Å². The quantitative estimate of drug-likeness (QED) is 0.560. The minimum atomic E-state index is -0.0340. The van der Waals surface area contributed by atoms with E-state index in [0.29, 0.717) is 16.8 Å². The first-order chi connectivity index (χ1) is 9.66. The summed E-state index contributed by atoms with van der Waals surface area (Å²) in [6.45, 7) is 2.00. The van der Waals surface area contributed by atoms with E-state index < -0.39 is 0 Å². The molecular formula is C18H15NO. The van der Waals surface area contributed by atoms with Crippen LogP contribution in [0, 0.1) is 6.92 Å². The SMILES string of the molecule is Cc1ccc(C(=O)c2ccc3ccccc3c2N)cc1. The number of hydrogen-bond donors (Lipinski definition) is 1. The molecule has 0 bridgehead atoms. The Morgan fingerprint density at radius 3 is 2.35 bits per heavy atom. The molecule has 3 aromatic carbocycles. The van der Waals surface area contributed by atoms with Crippen molar-refractivity contribution >= 4 is 22.2 Å². The van der Waals surface area contributed by atoms with Crippen molar-refractivity contribution in [1.29, 1.82) is 0 Å². The van der Waals surface area contributed by atoms with Gasteiger partial charge in [0.1, 0.15) is 0 Å². The summed E-state index contributed by atoms with van der Waals surface area (Å²) in [4.78, 5) is 12.5. The number of hydrogen-bond acceptors (Lipinski definition) is 2. The van der Waals surface area contributed by atoms with E-state index >= 15 is 0 Å². The molecule has 20 heavy (non-hydrogen) atoms. The molecule has 0 saturated carbocycles. The summed E-state index contributed by atoms with van der Waals surface area (Å²) in [5.41, 5.74) is 9.08. The Kier molecular flexibility index (Phi) is 2.99. The van der Waals surface area contributed by atoms with Gasteiger partial charge in [0.15, 0.2) is 5.78 Å². The van der Waals surface area contributed by atoms with E-state index in [2.05, 4.69) is 0 Å². The lowest BCUT2D eigenvalue weighted by Gasteiger charge is -2.08. The Morgan fingerprint density at radius 2 is 1.60 bits per heavy atom. The van der Waals surface area contributed by atoms with Crippen molar-refractivity contribution in [2.24, 2.45) is 0 Å². The third-order valence-corrected chi connectivity index (χ3v) is 3.53. The third-order valence-electron chi connectivity index (χ3n) is 3.53. The van der Waals surface area contributed by atoms with Crippen LogP contribution in [0.3, 0.4) is 0 Å². The largest absolute Gasteiger partial charge is 0.398 e. The molecule has 0 aromatic heterocycles. The maximum absolute atomic E-state index is 12.5. The Labute approximate surface area is 117 Å². The van der Waals surface area contributed by atoms with Crippen LogP contribution in [0.1, 0.15) is 21.5 Å². The fourth-order valence-corrected chi connectivity index (χ4v) is 2.35. The molecule has 3 rings (SSSR count). The molecule has 0 aliphatic rings. The molecule has 0 aliphatic carbocycles. The molecular weight excluding hydrogens is 246 g/mol. The van der Waals surface area contributed by atoms with Crippen LogP contribution in [0.4, 0.5) is 5.69 Å². The normalized spacial score (nSPS) is 10.7. The molecule has 98 valence electrons. The van der Waals surface area contributed by atoms with Crippen molar-refractivity contribution in [3.8, 4) is 0 Å². The second-order valence-electron chi connectivity index (χ2n) is 4.94. The van der Waals surface area contributed by atoms with Crippen molar-refractivity contribution < 1.29 is 4.79 Å². The second-order valence-corrected chi connectivity index (χ2v) is 4.94. The number of aryl methyl sites for hydroxylation is 1. The van der Waals surface area contributed by atoms with Crippen molar-refractivity contribution in [2.45, 2.75) is 6.92 Å². The van der Waals surface area contributed by atoms with E-state index in [1.165, 1.54) is 0 Å². The highest BCUT2D eigenvalue weighted by atomic mass is 16.1. The van der Waals surface area contributed by atoms with Gasteiger partial charge in [-0.05, 0) is 18.4 Å². The molecule has 2 heteroatoms. The van der Waals surface area contributed by atoms with Crippen LogP contribution < -0.4 is 5.73 Å². The predicted molar refractivity (Wildman–Crippen MR) is 83.0 cm³/mol. The summed E-state index contributed by atoms with van der Waals surface area (Å²) in [5, 5.41) is 1.97. The van der Waals surface area contributed by atoms with Gasteiger partial charge in [0.2, 0.25) is 0 Å². The first-order valence-electron chi connectivity index (χ1n) is 6.55. The molecule has 0 atom stereocenters. The minimum absolute atomic E-state index is 0.0340. The van der Waals surface area contributed by atoms with Crippen molar-refractivity contribution in [3.63, 3.8) is 0 Å². The van der Waals surface area contributed by atoms with Gasteiger partial charge in [-0.15, -0.1) is 0 Å². The molecule has 2 N–H and O–H groups in total. The molecule has 0 spiro atoms. The fraction of sp³-hybridized carbons (Fsp3) is 0.0556. The monoisotopic (exact) mass is 261 g/mol. The van der Waals surface area contributed by atoms with Crippen LogP contribution in [0.25, 0.3) is 10.8 Å². The summed E-state index contributed by atoms with van der Waals surface area (Å²) in [5.74, 6) is -0.0340. The van der Waals surface area contributed by atoms with Gasteiger partial charge in [-0.1, -0.05) is 60.2 Å². The Hall–Kier alpha value is -2.61. The van der Waals surface area contributed by atoms with E-state index in [4.69, 9.17) is 5.73 Å². The number of anilines is 1. The van der Waals surface area contributed by atoms with Crippen LogP contribution in [0.5, 0.6) is 0 Å². The number of nitrogens with two attached hydrogens (primary N) is 1. The minimum Gasteiger partial charge on any atom is -0.398 e. The Morgan fingerprint density at radius 1 is 0.900 bits per heavy atom. The van der Waals surface area contributed by atoms with Gasteiger partial charge in [0.05, 0.1) is 5.69 Å². The van der Waals surface area contributed by atoms with Gasteiger partial charge in [-0.3, -0.25) is 4.79 Å². The fourth-order valence-electron chi connectivity index (χ4n) is 2.35. The van der Waals surface area contributed by atoms with Crippen molar-refractivity contribution in [3.05, 3.63) is 77.4 Å². The van der Waals surface area contributed by atoms with Gasteiger partial charge in [-0.2, -0.15) is 0 Å². The number of carbonyl (C=O) groups excluding carboxylic acids is 1. The topological polar surface area (TPSA) is 43.1 Å². The third kappa shape index (κ3) is 2.05. The average molecular weight is 261 g/mol. The molecule has 3 aromatic rings. The maximum atomic E-state index is 12.5. The lowest BCUT2D eigenvalue weighted by atomic mass is 9.97. The number of nitrogen functional groups attached to an aromatic ring is 1. The van der Waals surface area contributed by atoms with Crippen LogP contribution >= 0.6 is 0 Å². The zero-order chi connectivity index (χ0) is 14.1. The first-order valence-corrected chi connectivity index (χ1v) is 6.55. The molecule has 0 fully saturated rings. The number of benzene rings is 3. The van der Waals surface area contributed by atoms with Gasteiger partial charge < -0.3 is 5.73 Å². The zero-order valence-electron chi connectivity index (χ0n) is 11.3. The van der Waals surface area contributed by atoms with Gasteiger partial charge >= 0.3 is 0 Å². The molecule has 0 amide bonds. The molecule has 0 aliphatic heterocycles.